The van der Waals surface area contributed by atoms with Crippen LogP contribution in [0.2, 0.25) is 0 Å². The molecule has 1 aromatic heterocycles. The molecule has 2 nitrogen and oxygen atoms in total. The monoisotopic (exact) mass is 241 g/mol. The van der Waals surface area contributed by atoms with Gasteiger partial charge in [-0.3, -0.25) is 4.98 Å². The number of rotatable bonds is 1. The molecule has 66 valence electrons. The van der Waals surface area contributed by atoms with Gasteiger partial charge in [0.2, 0.25) is 0 Å². The zero-order valence-corrected chi connectivity index (χ0v) is 7.19. The van der Waals surface area contributed by atoms with Crippen molar-refractivity contribution in [3.63, 3.8) is 0 Å². The minimum Gasteiger partial charge on any atom is -0.404 e. The van der Waals surface area contributed by atoms with E-state index >= 15 is 0 Å². The van der Waals surface area contributed by atoms with E-state index in [4.69, 9.17) is 0 Å². The zero-order valence-electron chi connectivity index (χ0n) is 5.60. The number of hydrogen-bond donors (Lipinski definition) is 0. The molecule has 0 radical (unpaired) electrons. The van der Waals surface area contributed by atoms with Crippen LogP contribution in [0.15, 0.2) is 22.9 Å². The lowest BCUT2D eigenvalue weighted by Gasteiger charge is -2.07. The molecule has 0 amide bonds. The molecule has 0 fully saturated rings. The van der Waals surface area contributed by atoms with E-state index in [1.807, 2.05) is 0 Å². The predicted octanol–water partition coefficient (Wildman–Crippen LogP) is 2.74. The van der Waals surface area contributed by atoms with Crippen LogP contribution in [-0.4, -0.2) is 11.3 Å². The second-order valence-corrected chi connectivity index (χ2v) is 2.80. The number of ether oxygens (including phenoxy) is 1. The predicted molar refractivity (Wildman–Crippen MR) is 38.6 cm³/mol. The van der Waals surface area contributed by atoms with Gasteiger partial charge in [-0.25, -0.2) is 0 Å². The summed E-state index contributed by atoms with van der Waals surface area (Å²) >= 11 is 2.96. The van der Waals surface area contributed by atoms with Gasteiger partial charge in [-0.2, -0.15) is 0 Å². The van der Waals surface area contributed by atoms with Crippen molar-refractivity contribution in [2.75, 3.05) is 0 Å². The highest BCUT2D eigenvalue weighted by Gasteiger charge is 2.31. The Hall–Kier alpha value is -0.780. The Morgan fingerprint density at radius 2 is 2.00 bits per heavy atom. The molecule has 0 saturated carbocycles. The van der Waals surface area contributed by atoms with Crippen molar-refractivity contribution in [3.8, 4) is 5.75 Å². The first-order valence-corrected chi connectivity index (χ1v) is 3.63. The third kappa shape index (κ3) is 3.08. The molecule has 0 aliphatic rings. The first-order valence-electron chi connectivity index (χ1n) is 2.84. The summed E-state index contributed by atoms with van der Waals surface area (Å²) in [6.45, 7) is 0. The van der Waals surface area contributed by atoms with Gasteiger partial charge in [0, 0.05) is 10.7 Å². The van der Waals surface area contributed by atoms with Crippen molar-refractivity contribution in [1.82, 2.24) is 4.98 Å². The summed E-state index contributed by atoms with van der Waals surface area (Å²) in [4.78, 5) is 3.50. The second kappa shape index (κ2) is 3.30. The third-order valence-electron chi connectivity index (χ3n) is 0.913. The van der Waals surface area contributed by atoms with Gasteiger partial charge in [0.25, 0.3) is 0 Å². The van der Waals surface area contributed by atoms with E-state index in [1.165, 1.54) is 12.3 Å². The van der Waals surface area contributed by atoms with E-state index in [2.05, 4.69) is 25.7 Å². The first-order chi connectivity index (χ1) is 5.47. The minimum absolute atomic E-state index is 0.336. The highest BCUT2D eigenvalue weighted by molar-refractivity contribution is 9.10. The molecular weight excluding hydrogens is 239 g/mol. The lowest BCUT2D eigenvalue weighted by molar-refractivity contribution is -0.274. The molecule has 1 aromatic rings. The number of pyridine rings is 1. The zero-order chi connectivity index (χ0) is 9.19. The van der Waals surface area contributed by atoms with Gasteiger partial charge in [0.05, 0.1) is 6.20 Å². The van der Waals surface area contributed by atoms with Crippen LogP contribution in [-0.2, 0) is 0 Å². The van der Waals surface area contributed by atoms with E-state index in [0.717, 1.165) is 6.20 Å². The van der Waals surface area contributed by atoms with Crippen molar-refractivity contribution >= 4 is 15.9 Å². The Morgan fingerprint density at radius 3 is 2.50 bits per heavy atom. The lowest BCUT2D eigenvalue weighted by Crippen LogP contribution is -2.17. The van der Waals surface area contributed by atoms with Crippen molar-refractivity contribution in [3.05, 3.63) is 22.9 Å². The first kappa shape index (κ1) is 9.31. The SMILES string of the molecule is FC(F)(F)Oc1cncc(Br)c1. The topological polar surface area (TPSA) is 22.1 Å². The molecule has 0 bridgehead atoms. The van der Waals surface area contributed by atoms with Gasteiger partial charge in [-0.05, 0) is 22.0 Å². The molecule has 0 spiro atoms. The molecule has 0 saturated heterocycles. The summed E-state index contributed by atoms with van der Waals surface area (Å²) in [5.41, 5.74) is 0. The van der Waals surface area contributed by atoms with E-state index in [9.17, 15) is 13.2 Å². The number of aromatic nitrogens is 1. The van der Waals surface area contributed by atoms with Crippen molar-refractivity contribution in [2.45, 2.75) is 6.36 Å². The standard InChI is InChI=1S/C6H3BrF3NO/c7-4-1-5(3-11-2-4)12-6(8,9)10/h1-3H. The summed E-state index contributed by atoms with van der Waals surface area (Å²) < 4.78 is 38.8. The van der Waals surface area contributed by atoms with E-state index in [1.54, 1.807) is 0 Å². The molecule has 0 aliphatic carbocycles. The number of nitrogens with zero attached hydrogens (tertiary/aromatic N) is 1. The van der Waals surface area contributed by atoms with Crippen LogP contribution < -0.4 is 4.74 Å². The summed E-state index contributed by atoms with van der Waals surface area (Å²) in [7, 11) is 0. The average Bonchev–Trinajstić information content (AvgIpc) is 1.82. The normalized spacial score (nSPS) is 11.3. The van der Waals surface area contributed by atoms with Gasteiger partial charge in [0.15, 0.2) is 0 Å². The van der Waals surface area contributed by atoms with E-state index in [-0.39, 0.29) is 5.75 Å². The van der Waals surface area contributed by atoms with E-state index in [0.29, 0.717) is 4.47 Å². The molecule has 0 aromatic carbocycles. The molecule has 6 heteroatoms. The Bertz CT molecular complexity index is 276. The number of hydrogen-bond acceptors (Lipinski definition) is 2. The fraction of sp³-hybridized carbons (Fsp3) is 0.167. The highest BCUT2D eigenvalue weighted by Crippen LogP contribution is 2.23. The largest absolute Gasteiger partial charge is 0.573 e. The van der Waals surface area contributed by atoms with Gasteiger partial charge in [-0.15, -0.1) is 13.2 Å². The second-order valence-electron chi connectivity index (χ2n) is 1.89. The smallest absolute Gasteiger partial charge is 0.404 e. The average molecular weight is 242 g/mol. The van der Waals surface area contributed by atoms with E-state index < -0.39 is 6.36 Å². The Morgan fingerprint density at radius 1 is 1.33 bits per heavy atom. The minimum atomic E-state index is -4.66. The quantitative estimate of drug-likeness (QED) is 0.755. The fourth-order valence-electron chi connectivity index (χ4n) is 0.582. The Balaban J connectivity index is 2.77. The molecule has 0 aliphatic heterocycles. The molecule has 0 atom stereocenters. The maximum absolute atomic E-state index is 11.6. The summed E-state index contributed by atoms with van der Waals surface area (Å²) in [5, 5.41) is 0. The van der Waals surface area contributed by atoms with Gasteiger partial charge in [-0.1, -0.05) is 0 Å². The Kier molecular flexibility index (Phi) is 2.56. The van der Waals surface area contributed by atoms with Crippen LogP contribution in [0.1, 0.15) is 0 Å². The summed E-state index contributed by atoms with van der Waals surface area (Å²) in [5.74, 6) is -0.336. The lowest BCUT2D eigenvalue weighted by atomic mass is 10.5. The van der Waals surface area contributed by atoms with Crippen LogP contribution in [0.3, 0.4) is 0 Å². The van der Waals surface area contributed by atoms with Crippen LogP contribution in [0.25, 0.3) is 0 Å². The molecule has 12 heavy (non-hydrogen) atoms. The highest BCUT2D eigenvalue weighted by atomic mass is 79.9. The van der Waals surface area contributed by atoms with Gasteiger partial charge >= 0.3 is 6.36 Å². The van der Waals surface area contributed by atoms with Crippen molar-refractivity contribution in [2.24, 2.45) is 0 Å². The molecule has 1 heterocycles. The van der Waals surface area contributed by atoms with Crippen LogP contribution in [0.4, 0.5) is 13.2 Å². The van der Waals surface area contributed by atoms with Crippen LogP contribution in [0, 0.1) is 0 Å². The van der Waals surface area contributed by atoms with Gasteiger partial charge in [0.1, 0.15) is 5.75 Å². The van der Waals surface area contributed by atoms with Crippen molar-refractivity contribution < 1.29 is 17.9 Å². The summed E-state index contributed by atoms with van der Waals surface area (Å²) in [6, 6.07) is 1.18. The maximum Gasteiger partial charge on any atom is 0.573 e. The summed E-state index contributed by atoms with van der Waals surface area (Å²) in [6.07, 6.45) is -2.32. The number of halogens is 4. The van der Waals surface area contributed by atoms with Crippen molar-refractivity contribution in [1.29, 1.82) is 0 Å². The molecule has 0 unspecified atom stereocenters. The molecular formula is C6H3BrF3NO. The fourth-order valence-corrected chi connectivity index (χ4v) is 0.926. The maximum atomic E-state index is 11.6. The molecule has 1 rings (SSSR count). The molecule has 0 N–H and O–H groups in total. The van der Waals surface area contributed by atoms with Crippen LogP contribution >= 0.6 is 15.9 Å². The van der Waals surface area contributed by atoms with Crippen LogP contribution in [0.5, 0.6) is 5.75 Å². The Labute approximate surface area is 74.5 Å². The third-order valence-corrected chi connectivity index (χ3v) is 1.35. The van der Waals surface area contributed by atoms with Gasteiger partial charge < -0.3 is 4.74 Å². The number of alkyl halides is 3.